The van der Waals surface area contributed by atoms with E-state index in [1.165, 1.54) is 11.8 Å². The number of rotatable bonds is 3. The van der Waals surface area contributed by atoms with E-state index in [0.717, 1.165) is 5.56 Å². The zero-order valence-electron chi connectivity index (χ0n) is 8.43. The lowest BCUT2D eigenvalue weighted by atomic mass is 10.1. The molecule has 0 saturated heterocycles. The minimum absolute atomic E-state index is 0.000879. The summed E-state index contributed by atoms with van der Waals surface area (Å²) in [4.78, 5) is 15.2. The van der Waals surface area contributed by atoms with Crippen molar-refractivity contribution >= 4 is 28.5 Å². The van der Waals surface area contributed by atoms with E-state index in [2.05, 4.69) is 4.99 Å². The van der Waals surface area contributed by atoms with Gasteiger partial charge < -0.3 is 11.5 Å². The van der Waals surface area contributed by atoms with Crippen molar-refractivity contribution < 1.29 is 4.79 Å². The minimum atomic E-state index is -0.000879. The van der Waals surface area contributed by atoms with Crippen LogP contribution in [0.5, 0.6) is 0 Å². The molecular formula is C10H13N3OS. The molecule has 80 valence electrons. The zero-order valence-corrected chi connectivity index (χ0v) is 9.25. The van der Waals surface area contributed by atoms with Crippen LogP contribution in [0.15, 0.2) is 29.3 Å². The van der Waals surface area contributed by atoms with Crippen molar-refractivity contribution in [1.29, 1.82) is 0 Å². The molecule has 4 N–H and O–H groups in total. The van der Waals surface area contributed by atoms with E-state index < -0.39 is 0 Å². The fraction of sp³-hybridized carbons (Fsp3) is 0.200. The molecule has 0 radical (unpaired) electrons. The van der Waals surface area contributed by atoms with Gasteiger partial charge in [-0.25, -0.2) is 4.99 Å². The van der Waals surface area contributed by atoms with Crippen molar-refractivity contribution in [1.82, 2.24) is 0 Å². The Morgan fingerprint density at radius 1 is 1.40 bits per heavy atom. The van der Waals surface area contributed by atoms with Gasteiger partial charge in [-0.3, -0.25) is 4.79 Å². The van der Waals surface area contributed by atoms with Crippen molar-refractivity contribution in [2.75, 3.05) is 6.26 Å². The fourth-order valence-corrected chi connectivity index (χ4v) is 1.44. The van der Waals surface area contributed by atoms with Gasteiger partial charge in [-0.15, -0.1) is 0 Å². The molecule has 0 aliphatic carbocycles. The van der Waals surface area contributed by atoms with Crippen LogP contribution in [0.25, 0.3) is 0 Å². The Hall–Kier alpha value is -1.49. The van der Waals surface area contributed by atoms with Crippen LogP contribution in [-0.4, -0.2) is 17.3 Å². The molecule has 15 heavy (non-hydrogen) atoms. The van der Waals surface area contributed by atoms with Crippen molar-refractivity contribution in [3.05, 3.63) is 29.8 Å². The van der Waals surface area contributed by atoms with E-state index in [1.54, 1.807) is 12.3 Å². The Morgan fingerprint density at radius 3 is 2.67 bits per heavy atom. The molecular weight excluding hydrogens is 210 g/mol. The monoisotopic (exact) mass is 223 g/mol. The zero-order chi connectivity index (χ0) is 11.3. The third-order valence-electron chi connectivity index (χ3n) is 1.80. The molecule has 1 rings (SSSR count). The second-order valence-electron chi connectivity index (χ2n) is 2.92. The summed E-state index contributed by atoms with van der Waals surface area (Å²) in [6.45, 7) is 0. The first-order valence-corrected chi connectivity index (χ1v) is 5.60. The van der Waals surface area contributed by atoms with Crippen LogP contribution in [0.3, 0.4) is 0 Å². The average molecular weight is 223 g/mol. The molecule has 0 bridgehead atoms. The average Bonchev–Trinajstić information content (AvgIpc) is 2.20. The van der Waals surface area contributed by atoms with E-state index >= 15 is 0 Å². The van der Waals surface area contributed by atoms with Crippen molar-refractivity contribution in [3.8, 4) is 0 Å². The van der Waals surface area contributed by atoms with Crippen molar-refractivity contribution in [2.24, 2.45) is 16.5 Å². The molecule has 0 atom stereocenters. The Kier molecular flexibility index (Phi) is 4.17. The fourth-order valence-electron chi connectivity index (χ4n) is 1.14. The molecule has 0 spiro atoms. The molecule has 1 aromatic carbocycles. The maximum absolute atomic E-state index is 11.3. The number of benzene rings is 1. The van der Waals surface area contributed by atoms with Crippen LogP contribution in [0.1, 0.15) is 5.56 Å². The van der Waals surface area contributed by atoms with Crippen LogP contribution in [0.2, 0.25) is 0 Å². The van der Waals surface area contributed by atoms with Gasteiger partial charge in [0.1, 0.15) is 0 Å². The standard InChI is InChI=1S/C10H13N3OS/c1-15-9(14)6-7-4-2-3-5-8(7)13-10(11)12/h2-5H,6H2,1H3,(H4,11,12,13). The molecule has 0 unspecified atom stereocenters. The molecule has 0 saturated carbocycles. The summed E-state index contributed by atoms with van der Waals surface area (Å²) >= 11 is 1.20. The first-order chi connectivity index (χ1) is 7.13. The predicted molar refractivity (Wildman–Crippen MR) is 64.1 cm³/mol. The van der Waals surface area contributed by atoms with E-state index in [0.29, 0.717) is 12.1 Å². The van der Waals surface area contributed by atoms with Gasteiger partial charge in [-0.2, -0.15) is 0 Å². The SMILES string of the molecule is CSC(=O)Cc1ccccc1N=C(N)N. The lowest BCUT2D eigenvalue weighted by Crippen LogP contribution is -2.22. The molecule has 0 aromatic heterocycles. The Balaban J connectivity index is 2.96. The summed E-state index contributed by atoms with van der Waals surface area (Å²) in [6.07, 6.45) is 2.10. The highest BCUT2D eigenvalue weighted by atomic mass is 32.2. The first kappa shape index (κ1) is 11.6. The summed E-state index contributed by atoms with van der Waals surface area (Å²) < 4.78 is 0. The highest BCUT2D eigenvalue weighted by Crippen LogP contribution is 2.20. The van der Waals surface area contributed by atoms with Gasteiger partial charge in [0, 0.05) is 6.42 Å². The third kappa shape index (κ3) is 3.63. The molecule has 0 aliphatic rings. The lowest BCUT2D eigenvalue weighted by Gasteiger charge is -2.03. The van der Waals surface area contributed by atoms with Crippen molar-refractivity contribution in [2.45, 2.75) is 6.42 Å². The Bertz CT molecular complexity index is 386. The molecule has 1 aromatic rings. The van der Waals surface area contributed by atoms with E-state index in [9.17, 15) is 4.79 Å². The molecule has 4 nitrogen and oxygen atoms in total. The quantitative estimate of drug-likeness (QED) is 0.592. The van der Waals surface area contributed by atoms with E-state index in [-0.39, 0.29) is 11.1 Å². The Labute approximate surface area is 92.8 Å². The number of carbonyl (C=O) groups is 1. The minimum Gasteiger partial charge on any atom is -0.370 e. The normalized spacial score (nSPS) is 9.67. The molecule has 0 aliphatic heterocycles. The summed E-state index contributed by atoms with van der Waals surface area (Å²) in [5.74, 6) is -0.000879. The molecule has 0 heterocycles. The largest absolute Gasteiger partial charge is 0.370 e. The van der Waals surface area contributed by atoms with Crippen LogP contribution < -0.4 is 11.5 Å². The Morgan fingerprint density at radius 2 is 2.07 bits per heavy atom. The molecule has 0 amide bonds. The maximum Gasteiger partial charge on any atom is 0.193 e. The number of para-hydroxylation sites is 1. The highest BCUT2D eigenvalue weighted by molar-refractivity contribution is 8.13. The van der Waals surface area contributed by atoms with Crippen LogP contribution in [0.4, 0.5) is 5.69 Å². The van der Waals surface area contributed by atoms with Gasteiger partial charge in [0.2, 0.25) is 0 Å². The van der Waals surface area contributed by atoms with Gasteiger partial charge >= 0.3 is 0 Å². The van der Waals surface area contributed by atoms with Crippen LogP contribution in [-0.2, 0) is 11.2 Å². The number of nitrogens with zero attached hydrogens (tertiary/aromatic N) is 1. The summed E-state index contributed by atoms with van der Waals surface area (Å²) in [7, 11) is 0. The summed E-state index contributed by atoms with van der Waals surface area (Å²) in [5.41, 5.74) is 12.1. The van der Waals surface area contributed by atoms with Gasteiger partial charge in [-0.05, 0) is 17.9 Å². The maximum atomic E-state index is 11.3. The van der Waals surface area contributed by atoms with E-state index in [1.807, 2.05) is 18.2 Å². The number of hydrogen-bond donors (Lipinski definition) is 2. The number of guanidine groups is 1. The first-order valence-electron chi connectivity index (χ1n) is 4.38. The number of carbonyl (C=O) groups excluding carboxylic acids is 1. The molecule has 5 heteroatoms. The third-order valence-corrected chi connectivity index (χ3v) is 2.40. The predicted octanol–water partition coefficient (Wildman–Crippen LogP) is 1.02. The highest BCUT2D eigenvalue weighted by Gasteiger charge is 2.05. The topological polar surface area (TPSA) is 81.5 Å². The van der Waals surface area contributed by atoms with Gasteiger partial charge in [-0.1, -0.05) is 30.0 Å². The number of aliphatic imine (C=N–C) groups is 1. The van der Waals surface area contributed by atoms with Crippen LogP contribution >= 0.6 is 11.8 Å². The van der Waals surface area contributed by atoms with Crippen LogP contribution in [0, 0.1) is 0 Å². The smallest absolute Gasteiger partial charge is 0.193 e. The summed E-state index contributed by atoms with van der Waals surface area (Å²) in [6, 6.07) is 7.31. The second-order valence-corrected chi connectivity index (χ2v) is 3.78. The molecule has 0 fully saturated rings. The number of nitrogens with two attached hydrogens (primary N) is 2. The van der Waals surface area contributed by atoms with Crippen molar-refractivity contribution in [3.63, 3.8) is 0 Å². The summed E-state index contributed by atoms with van der Waals surface area (Å²) in [5, 5.41) is 0.0910. The number of hydrogen-bond acceptors (Lipinski definition) is 3. The second kappa shape index (κ2) is 5.41. The van der Waals surface area contributed by atoms with E-state index in [4.69, 9.17) is 11.5 Å². The lowest BCUT2D eigenvalue weighted by molar-refractivity contribution is -0.110. The van der Waals surface area contributed by atoms with Gasteiger partial charge in [0.15, 0.2) is 11.1 Å². The van der Waals surface area contributed by atoms with Gasteiger partial charge in [0.05, 0.1) is 5.69 Å². The number of thioether (sulfide) groups is 1. The van der Waals surface area contributed by atoms with Gasteiger partial charge in [0.25, 0.3) is 0 Å².